The number of anilines is 1. The van der Waals surface area contributed by atoms with Crippen LogP contribution < -0.4 is 10.2 Å². The quantitative estimate of drug-likeness (QED) is 0.791. The molecule has 4 heterocycles. The zero-order chi connectivity index (χ0) is 15.8. The summed E-state index contributed by atoms with van der Waals surface area (Å²) in [5.74, 6) is 1.79. The Labute approximate surface area is 136 Å². The van der Waals surface area contributed by atoms with Crippen molar-refractivity contribution in [2.75, 3.05) is 31.1 Å². The summed E-state index contributed by atoms with van der Waals surface area (Å²) in [5, 5.41) is 2.86. The van der Waals surface area contributed by atoms with Gasteiger partial charge < -0.3 is 10.2 Å². The molecule has 2 unspecified atom stereocenters. The summed E-state index contributed by atoms with van der Waals surface area (Å²) in [6, 6.07) is 3.08. The molecule has 6 nitrogen and oxygen atoms in total. The van der Waals surface area contributed by atoms with Gasteiger partial charge in [0.05, 0.1) is 6.54 Å². The second kappa shape index (κ2) is 5.92. The Morgan fingerprint density at radius 1 is 1.35 bits per heavy atom. The number of nitrogens with one attached hydrogen (secondary N) is 1. The van der Waals surface area contributed by atoms with Gasteiger partial charge in [0.25, 0.3) is 0 Å². The van der Waals surface area contributed by atoms with Crippen molar-refractivity contribution in [1.82, 2.24) is 20.2 Å². The highest BCUT2D eigenvalue weighted by Crippen LogP contribution is 2.40. The molecule has 1 aliphatic carbocycles. The third-order valence-electron chi connectivity index (χ3n) is 5.11. The third-order valence-corrected chi connectivity index (χ3v) is 5.11. The number of amides is 1. The minimum absolute atomic E-state index is 0.0890. The van der Waals surface area contributed by atoms with E-state index in [1.807, 2.05) is 0 Å². The number of nitrogens with zero attached hydrogens (tertiary/aromatic N) is 4. The van der Waals surface area contributed by atoms with Crippen molar-refractivity contribution >= 4 is 11.7 Å². The maximum atomic E-state index is 11.9. The highest BCUT2D eigenvalue weighted by Gasteiger charge is 2.45. The van der Waals surface area contributed by atoms with Crippen molar-refractivity contribution in [1.29, 1.82) is 0 Å². The van der Waals surface area contributed by atoms with E-state index < -0.39 is 0 Å². The molecule has 122 valence electrons. The molecule has 4 fully saturated rings. The summed E-state index contributed by atoms with van der Waals surface area (Å²) in [6.07, 6.45) is 7.11. The monoisotopic (exact) mass is 313 g/mol. The van der Waals surface area contributed by atoms with Gasteiger partial charge in [0, 0.05) is 49.4 Å². The molecule has 1 aromatic heterocycles. The molecule has 6 heteroatoms. The molecule has 3 aliphatic heterocycles. The van der Waals surface area contributed by atoms with E-state index in [0.29, 0.717) is 31.1 Å². The van der Waals surface area contributed by atoms with E-state index in [0.717, 1.165) is 18.9 Å². The molecule has 2 bridgehead atoms. The molecule has 1 aromatic rings. The molecular weight excluding hydrogens is 290 g/mol. The predicted octanol–water partition coefficient (Wildman–Crippen LogP) is 0.919. The van der Waals surface area contributed by atoms with Crippen LogP contribution >= 0.6 is 0 Å². The van der Waals surface area contributed by atoms with Gasteiger partial charge in [-0.1, -0.05) is 6.08 Å². The maximum absolute atomic E-state index is 11.9. The number of carbonyl (C=O) groups is 1. The van der Waals surface area contributed by atoms with Gasteiger partial charge in [-0.3, -0.25) is 9.69 Å². The third kappa shape index (κ3) is 2.95. The molecular formula is C17H23N5O. The lowest BCUT2D eigenvalue weighted by molar-refractivity contribution is -0.126. The lowest BCUT2D eigenvalue weighted by atomic mass is 9.87. The summed E-state index contributed by atoms with van der Waals surface area (Å²) < 4.78 is 0. The van der Waals surface area contributed by atoms with Gasteiger partial charge in [-0.25, -0.2) is 9.97 Å². The van der Waals surface area contributed by atoms with Crippen LogP contribution in [0.3, 0.4) is 0 Å². The minimum Gasteiger partial charge on any atom is -0.353 e. The van der Waals surface area contributed by atoms with Gasteiger partial charge in [-0.15, -0.1) is 6.58 Å². The molecule has 23 heavy (non-hydrogen) atoms. The van der Waals surface area contributed by atoms with Crippen molar-refractivity contribution in [3.8, 4) is 0 Å². The Morgan fingerprint density at radius 3 is 2.83 bits per heavy atom. The molecule has 1 amide bonds. The van der Waals surface area contributed by atoms with E-state index in [4.69, 9.17) is 0 Å². The van der Waals surface area contributed by atoms with Gasteiger partial charge in [-0.2, -0.15) is 0 Å². The van der Waals surface area contributed by atoms with Gasteiger partial charge in [0.15, 0.2) is 0 Å². The minimum atomic E-state index is 0.0890. The SMILES string of the molecule is C=CCNC(=O)CN1C2CC1CN(c1cc(C3CC3)ncn1)C2. The zero-order valence-corrected chi connectivity index (χ0v) is 13.3. The van der Waals surface area contributed by atoms with Gasteiger partial charge >= 0.3 is 0 Å². The number of hydrogen-bond donors (Lipinski definition) is 1. The van der Waals surface area contributed by atoms with Gasteiger partial charge in [0.2, 0.25) is 5.91 Å². The second-order valence-corrected chi connectivity index (χ2v) is 6.79. The fourth-order valence-corrected chi connectivity index (χ4v) is 3.68. The van der Waals surface area contributed by atoms with Crippen molar-refractivity contribution in [2.24, 2.45) is 0 Å². The van der Waals surface area contributed by atoms with Crippen molar-refractivity contribution in [2.45, 2.75) is 37.3 Å². The van der Waals surface area contributed by atoms with Crippen LogP contribution in [0.5, 0.6) is 0 Å². The first-order chi connectivity index (χ1) is 11.2. The Morgan fingerprint density at radius 2 is 2.13 bits per heavy atom. The van der Waals surface area contributed by atoms with Crippen LogP contribution in [-0.4, -0.2) is 59.0 Å². The van der Waals surface area contributed by atoms with Crippen LogP contribution in [0.15, 0.2) is 25.0 Å². The van der Waals surface area contributed by atoms with Crippen molar-refractivity contribution < 1.29 is 4.79 Å². The van der Waals surface area contributed by atoms with Crippen LogP contribution in [0, 0.1) is 0 Å². The van der Waals surface area contributed by atoms with E-state index in [1.54, 1.807) is 12.4 Å². The first kappa shape index (κ1) is 14.6. The highest BCUT2D eigenvalue weighted by atomic mass is 16.2. The lowest BCUT2D eigenvalue weighted by Gasteiger charge is -2.56. The molecule has 1 N–H and O–H groups in total. The van der Waals surface area contributed by atoms with Gasteiger partial charge in [-0.05, 0) is 19.3 Å². The van der Waals surface area contributed by atoms with E-state index in [9.17, 15) is 4.79 Å². The number of aromatic nitrogens is 2. The summed E-state index contributed by atoms with van der Waals surface area (Å²) in [4.78, 5) is 25.4. The van der Waals surface area contributed by atoms with Crippen LogP contribution in [0.4, 0.5) is 5.82 Å². The van der Waals surface area contributed by atoms with E-state index >= 15 is 0 Å². The van der Waals surface area contributed by atoms with E-state index in [-0.39, 0.29) is 5.91 Å². The molecule has 5 rings (SSSR count). The number of carbonyl (C=O) groups excluding carboxylic acids is 1. The topological polar surface area (TPSA) is 61.4 Å². The summed E-state index contributed by atoms with van der Waals surface area (Å²) >= 11 is 0. The average Bonchev–Trinajstić information content (AvgIpc) is 3.43. The highest BCUT2D eigenvalue weighted by molar-refractivity contribution is 5.78. The molecule has 0 aromatic carbocycles. The molecule has 4 aliphatic rings. The Kier molecular flexibility index (Phi) is 3.77. The number of rotatable bonds is 6. The fourth-order valence-electron chi connectivity index (χ4n) is 3.68. The molecule has 1 saturated carbocycles. The Hall–Kier alpha value is -1.95. The Bertz CT molecular complexity index is 603. The molecule has 3 saturated heterocycles. The summed E-state index contributed by atoms with van der Waals surface area (Å²) in [7, 11) is 0. The van der Waals surface area contributed by atoms with Crippen LogP contribution in [0.1, 0.15) is 30.9 Å². The first-order valence-electron chi connectivity index (χ1n) is 8.45. The zero-order valence-electron chi connectivity index (χ0n) is 13.3. The van der Waals surface area contributed by atoms with Crippen LogP contribution in [0.2, 0.25) is 0 Å². The fraction of sp³-hybridized carbons (Fsp3) is 0.588. The lowest BCUT2D eigenvalue weighted by Crippen LogP contribution is -2.70. The van der Waals surface area contributed by atoms with E-state index in [2.05, 4.69) is 37.7 Å². The van der Waals surface area contributed by atoms with Crippen molar-refractivity contribution in [3.05, 3.63) is 30.7 Å². The molecule has 0 radical (unpaired) electrons. The smallest absolute Gasteiger partial charge is 0.234 e. The number of hydrogen-bond acceptors (Lipinski definition) is 5. The summed E-state index contributed by atoms with van der Waals surface area (Å²) in [6.45, 7) is 6.56. The number of fused-ring (bicyclic) bond motifs is 2. The number of piperazine rings is 1. The summed E-state index contributed by atoms with van der Waals surface area (Å²) in [5.41, 5.74) is 1.19. The first-order valence-corrected chi connectivity index (χ1v) is 8.45. The van der Waals surface area contributed by atoms with Crippen LogP contribution in [-0.2, 0) is 4.79 Å². The van der Waals surface area contributed by atoms with Crippen LogP contribution in [0.25, 0.3) is 0 Å². The molecule has 0 spiro atoms. The Balaban J connectivity index is 1.36. The van der Waals surface area contributed by atoms with Crippen molar-refractivity contribution in [3.63, 3.8) is 0 Å². The maximum Gasteiger partial charge on any atom is 0.234 e. The largest absolute Gasteiger partial charge is 0.353 e. The van der Waals surface area contributed by atoms with E-state index in [1.165, 1.54) is 25.0 Å². The molecule has 2 atom stereocenters. The predicted molar refractivity (Wildman–Crippen MR) is 88.3 cm³/mol. The van der Waals surface area contributed by atoms with Gasteiger partial charge in [0.1, 0.15) is 12.1 Å². The number of piperidine rings is 1. The second-order valence-electron chi connectivity index (χ2n) is 6.79. The standard InChI is InChI=1S/C17H23N5O/c1-2-5-18-17(23)10-22-13-6-14(22)9-21(8-13)16-7-15(12-3-4-12)19-11-20-16/h2,7,11-14H,1,3-6,8-10H2,(H,18,23). The average molecular weight is 313 g/mol. The normalized spacial score (nSPS) is 26.5.